The average molecular weight is 197 g/mol. The largest absolute Gasteiger partial charge is 0.366 e. The fourth-order valence-corrected chi connectivity index (χ4v) is 1.66. The summed E-state index contributed by atoms with van der Waals surface area (Å²) in [6.07, 6.45) is 1.61. The second kappa shape index (κ2) is 3.14. The predicted molar refractivity (Wildman–Crippen MR) is 49.1 cm³/mol. The van der Waals surface area contributed by atoms with Gasteiger partial charge in [0, 0.05) is 13.1 Å². The molecule has 0 amide bonds. The third-order valence-electron chi connectivity index (χ3n) is 1.41. The zero-order valence-corrected chi connectivity index (χ0v) is 7.69. The lowest BCUT2D eigenvalue weighted by atomic mass is 10.5. The van der Waals surface area contributed by atoms with Gasteiger partial charge in [-0.25, -0.2) is 4.98 Å². The number of anilines is 1. The average Bonchev–Trinajstić information content (AvgIpc) is 2.47. The molecule has 0 saturated carbocycles. The fourth-order valence-electron chi connectivity index (χ4n) is 0.911. The van der Waals surface area contributed by atoms with Gasteiger partial charge in [-0.15, -0.1) is 9.52 Å². The summed E-state index contributed by atoms with van der Waals surface area (Å²) in [6.45, 7) is 1.64. The Bertz CT molecular complexity index is 365. The van der Waals surface area contributed by atoms with Crippen molar-refractivity contribution in [1.29, 1.82) is 0 Å². The molecule has 6 heteroatoms. The molecule has 5 nitrogen and oxygen atoms in total. The summed E-state index contributed by atoms with van der Waals surface area (Å²) in [6, 6.07) is 5.28. The molecule has 2 heterocycles. The zero-order chi connectivity index (χ0) is 9.26. The third kappa shape index (κ3) is 1.52. The number of aromatic nitrogens is 1. The summed E-state index contributed by atoms with van der Waals surface area (Å²) >= 11 is -1.57. The van der Waals surface area contributed by atoms with Crippen LogP contribution in [0.5, 0.6) is 0 Å². The van der Waals surface area contributed by atoms with E-state index in [1.807, 2.05) is 0 Å². The molecule has 0 aliphatic carbocycles. The second-order valence-electron chi connectivity index (χ2n) is 2.38. The molecule has 68 valence electrons. The van der Waals surface area contributed by atoms with Crippen LogP contribution < -0.4 is 4.41 Å². The topological polar surface area (TPSA) is 54.8 Å². The van der Waals surface area contributed by atoms with Crippen LogP contribution >= 0.6 is 0 Å². The van der Waals surface area contributed by atoms with Gasteiger partial charge in [-0.2, -0.15) is 4.21 Å². The summed E-state index contributed by atoms with van der Waals surface area (Å²) in [5, 5.41) is 3.90. The Morgan fingerprint density at radius 1 is 1.54 bits per heavy atom. The number of hydrogen-bond donors (Lipinski definition) is 0. The Balaban J connectivity index is 2.33. The number of nitrogens with zero attached hydrogens (tertiary/aromatic N) is 3. The van der Waals surface area contributed by atoms with E-state index in [4.69, 9.17) is 4.18 Å². The maximum atomic E-state index is 11.2. The highest BCUT2D eigenvalue weighted by molar-refractivity contribution is 7.82. The quantitative estimate of drug-likeness (QED) is 0.670. The van der Waals surface area contributed by atoms with Crippen LogP contribution in [0.2, 0.25) is 0 Å². The predicted octanol–water partition coefficient (Wildman–Crippen LogP) is 0.830. The molecule has 1 aromatic rings. The van der Waals surface area contributed by atoms with Crippen LogP contribution in [0, 0.1) is 0 Å². The van der Waals surface area contributed by atoms with Crippen LogP contribution in [0.25, 0.3) is 0 Å². The second-order valence-corrected chi connectivity index (χ2v) is 3.33. The maximum absolute atomic E-state index is 11.2. The molecule has 1 aliphatic heterocycles. The SMILES string of the molecule is CC1=NN(c2ccccn2)S(=O)O1. The van der Waals surface area contributed by atoms with Crippen molar-refractivity contribution in [3.8, 4) is 0 Å². The lowest BCUT2D eigenvalue weighted by Gasteiger charge is -2.06. The van der Waals surface area contributed by atoms with E-state index in [1.54, 1.807) is 31.3 Å². The number of pyridine rings is 1. The highest BCUT2D eigenvalue weighted by atomic mass is 32.2. The van der Waals surface area contributed by atoms with E-state index in [0.717, 1.165) is 0 Å². The van der Waals surface area contributed by atoms with Crippen LogP contribution in [0.4, 0.5) is 5.82 Å². The molecule has 0 bridgehead atoms. The summed E-state index contributed by atoms with van der Waals surface area (Å²) < 4.78 is 17.3. The van der Waals surface area contributed by atoms with E-state index in [1.165, 1.54) is 4.41 Å². The molecule has 1 aliphatic rings. The zero-order valence-electron chi connectivity index (χ0n) is 6.88. The normalized spacial score (nSPS) is 21.2. The standard InChI is InChI=1S/C7H7N3O2S/c1-6-9-10(13(11)12-6)7-4-2-3-5-8-7/h2-5H,1H3. The van der Waals surface area contributed by atoms with Crippen molar-refractivity contribution >= 4 is 23.0 Å². The van der Waals surface area contributed by atoms with Crippen LogP contribution in [-0.4, -0.2) is 15.1 Å². The van der Waals surface area contributed by atoms with Gasteiger partial charge in [0.25, 0.3) is 0 Å². The summed E-state index contributed by atoms with van der Waals surface area (Å²) in [4.78, 5) is 3.99. The van der Waals surface area contributed by atoms with Crippen LogP contribution in [0.3, 0.4) is 0 Å². The molecule has 0 saturated heterocycles. The Kier molecular flexibility index (Phi) is 1.97. The van der Waals surface area contributed by atoms with Crippen molar-refractivity contribution in [3.63, 3.8) is 0 Å². The van der Waals surface area contributed by atoms with E-state index in [2.05, 4.69) is 10.1 Å². The van der Waals surface area contributed by atoms with Gasteiger partial charge in [0.15, 0.2) is 5.82 Å². The first-order chi connectivity index (χ1) is 6.27. The van der Waals surface area contributed by atoms with Gasteiger partial charge in [0.05, 0.1) is 0 Å². The molecular formula is C7H7N3O2S. The van der Waals surface area contributed by atoms with Crippen molar-refractivity contribution in [3.05, 3.63) is 24.4 Å². The van der Waals surface area contributed by atoms with E-state index in [-0.39, 0.29) is 0 Å². The molecule has 0 N–H and O–H groups in total. The van der Waals surface area contributed by atoms with Gasteiger partial charge in [-0.05, 0) is 12.1 Å². The van der Waals surface area contributed by atoms with Gasteiger partial charge in [-0.1, -0.05) is 6.07 Å². The van der Waals surface area contributed by atoms with Crippen LogP contribution in [0.1, 0.15) is 6.92 Å². The third-order valence-corrected chi connectivity index (χ3v) is 2.34. The Labute approximate surface area is 77.8 Å². The maximum Gasteiger partial charge on any atom is 0.342 e. The van der Waals surface area contributed by atoms with Gasteiger partial charge >= 0.3 is 11.3 Å². The Hall–Kier alpha value is -1.43. The molecule has 0 radical (unpaired) electrons. The van der Waals surface area contributed by atoms with E-state index in [9.17, 15) is 4.21 Å². The number of rotatable bonds is 1. The lowest BCUT2D eigenvalue weighted by molar-refractivity contribution is 0.571. The van der Waals surface area contributed by atoms with Gasteiger partial charge < -0.3 is 4.18 Å². The van der Waals surface area contributed by atoms with Crippen LogP contribution in [0.15, 0.2) is 29.5 Å². The van der Waals surface area contributed by atoms with E-state index in [0.29, 0.717) is 11.7 Å². The minimum Gasteiger partial charge on any atom is -0.366 e. The molecule has 1 unspecified atom stereocenters. The molecule has 0 fully saturated rings. The summed E-state index contributed by atoms with van der Waals surface area (Å²) in [5.41, 5.74) is 0. The minimum atomic E-state index is -1.57. The van der Waals surface area contributed by atoms with Crippen LogP contribution in [-0.2, 0) is 15.4 Å². The van der Waals surface area contributed by atoms with Gasteiger partial charge in [0.1, 0.15) is 0 Å². The highest BCUT2D eigenvalue weighted by Crippen LogP contribution is 2.17. The van der Waals surface area contributed by atoms with Crippen molar-refractivity contribution in [1.82, 2.24) is 4.98 Å². The van der Waals surface area contributed by atoms with Crippen molar-refractivity contribution in [2.75, 3.05) is 4.41 Å². The first-order valence-electron chi connectivity index (χ1n) is 3.64. The molecule has 0 spiro atoms. The summed E-state index contributed by atoms with van der Waals surface area (Å²) in [7, 11) is 0. The summed E-state index contributed by atoms with van der Waals surface area (Å²) in [5.74, 6) is 0.890. The molecular weight excluding hydrogens is 190 g/mol. The molecule has 13 heavy (non-hydrogen) atoms. The monoisotopic (exact) mass is 197 g/mol. The fraction of sp³-hybridized carbons (Fsp3) is 0.143. The lowest BCUT2D eigenvalue weighted by Crippen LogP contribution is -2.15. The van der Waals surface area contributed by atoms with Crippen molar-refractivity contribution < 1.29 is 8.39 Å². The first kappa shape index (κ1) is 8.18. The van der Waals surface area contributed by atoms with E-state index < -0.39 is 11.3 Å². The van der Waals surface area contributed by atoms with Crippen molar-refractivity contribution in [2.24, 2.45) is 5.10 Å². The minimum absolute atomic E-state index is 0.379. The molecule has 1 aromatic heterocycles. The van der Waals surface area contributed by atoms with E-state index >= 15 is 0 Å². The molecule has 2 rings (SSSR count). The van der Waals surface area contributed by atoms with Gasteiger partial charge in [-0.3, -0.25) is 0 Å². The first-order valence-corrected chi connectivity index (χ1v) is 4.67. The Morgan fingerprint density at radius 2 is 2.38 bits per heavy atom. The number of hydrazone groups is 1. The highest BCUT2D eigenvalue weighted by Gasteiger charge is 2.23. The smallest absolute Gasteiger partial charge is 0.342 e. The Morgan fingerprint density at radius 3 is 2.92 bits per heavy atom. The van der Waals surface area contributed by atoms with Gasteiger partial charge in [0.2, 0.25) is 5.90 Å². The molecule has 1 atom stereocenters. The molecule has 0 aromatic carbocycles. The van der Waals surface area contributed by atoms with Crippen molar-refractivity contribution in [2.45, 2.75) is 6.92 Å². The number of hydrogen-bond acceptors (Lipinski definition) is 4.